The molecular weight excluding hydrogens is 228 g/mol. The van der Waals surface area contributed by atoms with Crippen LogP contribution in [0.3, 0.4) is 0 Å². The number of nitrogens with zero attached hydrogens (tertiary/aromatic N) is 3. The first-order valence-corrected chi connectivity index (χ1v) is 6.22. The Morgan fingerprint density at radius 1 is 1.33 bits per heavy atom. The van der Waals surface area contributed by atoms with Crippen LogP contribution in [0.1, 0.15) is 13.8 Å². The summed E-state index contributed by atoms with van der Waals surface area (Å²) < 4.78 is 0. The van der Waals surface area contributed by atoms with Crippen molar-refractivity contribution in [1.82, 2.24) is 9.88 Å². The summed E-state index contributed by atoms with van der Waals surface area (Å²) in [6, 6.07) is 2.02. The normalized spacial score (nSPS) is 10.0. The van der Waals surface area contributed by atoms with Crippen LogP contribution in [-0.2, 0) is 4.79 Å². The third-order valence-electron chi connectivity index (χ3n) is 2.68. The quantitative estimate of drug-likeness (QED) is 0.829. The molecule has 0 bridgehead atoms. The topological polar surface area (TPSA) is 48.5 Å². The Morgan fingerprint density at radius 3 is 2.61 bits per heavy atom. The Bertz CT molecular complexity index is 392. The number of nitrogens with one attached hydrogen (secondary N) is 1. The van der Waals surface area contributed by atoms with Crippen LogP contribution in [0.5, 0.6) is 0 Å². The largest absolute Gasteiger partial charge is 0.384 e. The van der Waals surface area contributed by atoms with Gasteiger partial charge in [0.25, 0.3) is 0 Å². The molecule has 0 atom stereocenters. The molecule has 0 unspecified atom stereocenters. The molecule has 5 heteroatoms. The zero-order valence-electron chi connectivity index (χ0n) is 11.6. The van der Waals surface area contributed by atoms with Gasteiger partial charge in [-0.15, -0.1) is 0 Å². The molecule has 5 nitrogen and oxygen atoms in total. The molecule has 0 fully saturated rings. The molecule has 0 radical (unpaired) electrons. The smallest absolute Gasteiger partial charge is 0.241 e. The van der Waals surface area contributed by atoms with E-state index in [4.69, 9.17) is 0 Å². The van der Waals surface area contributed by atoms with Gasteiger partial charge in [-0.2, -0.15) is 0 Å². The minimum atomic E-state index is 0.0886. The number of rotatable bonds is 6. The standard InChI is InChI=1S/C13H22N4O/c1-5-15-11-7-12(9-14-8-11)17(6-2)10-13(18)16(3)4/h7-9,15H,5-6,10H2,1-4H3. The van der Waals surface area contributed by atoms with Crippen molar-refractivity contribution in [3.63, 3.8) is 0 Å². The van der Waals surface area contributed by atoms with E-state index in [-0.39, 0.29) is 5.91 Å². The molecule has 0 saturated heterocycles. The summed E-state index contributed by atoms with van der Waals surface area (Å²) in [5.74, 6) is 0.0886. The number of hydrogen-bond acceptors (Lipinski definition) is 4. The highest BCUT2D eigenvalue weighted by Gasteiger charge is 2.12. The van der Waals surface area contributed by atoms with Gasteiger partial charge in [-0.1, -0.05) is 0 Å². The lowest BCUT2D eigenvalue weighted by Gasteiger charge is -2.24. The van der Waals surface area contributed by atoms with Crippen LogP contribution in [0.2, 0.25) is 0 Å². The van der Waals surface area contributed by atoms with E-state index in [0.29, 0.717) is 6.54 Å². The highest BCUT2D eigenvalue weighted by molar-refractivity contribution is 5.81. The average Bonchev–Trinajstić information content (AvgIpc) is 2.36. The number of carbonyl (C=O) groups excluding carboxylic acids is 1. The van der Waals surface area contributed by atoms with Gasteiger partial charge in [-0.05, 0) is 19.9 Å². The molecule has 1 amide bonds. The highest BCUT2D eigenvalue weighted by Crippen LogP contribution is 2.17. The lowest BCUT2D eigenvalue weighted by molar-refractivity contribution is -0.127. The maximum atomic E-state index is 11.7. The summed E-state index contributed by atoms with van der Waals surface area (Å²) in [6.45, 7) is 6.08. The number of pyridine rings is 1. The summed E-state index contributed by atoms with van der Waals surface area (Å²) in [6.07, 6.45) is 3.57. The second-order valence-electron chi connectivity index (χ2n) is 4.26. The van der Waals surface area contributed by atoms with Crippen LogP contribution in [-0.4, -0.2) is 49.5 Å². The number of likely N-dealkylation sites (N-methyl/N-ethyl adjacent to an activating group) is 2. The van der Waals surface area contributed by atoms with Crippen LogP contribution < -0.4 is 10.2 Å². The zero-order valence-corrected chi connectivity index (χ0v) is 11.6. The van der Waals surface area contributed by atoms with Crippen LogP contribution in [0.25, 0.3) is 0 Å². The lowest BCUT2D eigenvalue weighted by Crippen LogP contribution is -2.36. The highest BCUT2D eigenvalue weighted by atomic mass is 16.2. The van der Waals surface area contributed by atoms with E-state index in [0.717, 1.165) is 24.5 Å². The van der Waals surface area contributed by atoms with Gasteiger partial charge >= 0.3 is 0 Å². The van der Waals surface area contributed by atoms with Crippen LogP contribution >= 0.6 is 0 Å². The molecule has 1 N–H and O–H groups in total. The molecular formula is C13H22N4O. The van der Waals surface area contributed by atoms with Crippen LogP contribution in [0.4, 0.5) is 11.4 Å². The van der Waals surface area contributed by atoms with Gasteiger partial charge in [0.15, 0.2) is 0 Å². The minimum Gasteiger partial charge on any atom is -0.384 e. The molecule has 0 aliphatic carbocycles. The maximum Gasteiger partial charge on any atom is 0.241 e. The first kappa shape index (κ1) is 14.3. The molecule has 1 aromatic heterocycles. The van der Waals surface area contributed by atoms with Crippen LogP contribution in [0.15, 0.2) is 18.5 Å². The van der Waals surface area contributed by atoms with Crippen molar-refractivity contribution in [3.05, 3.63) is 18.5 Å². The van der Waals surface area contributed by atoms with Crippen LogP contribution in [0, 0.1) is 0 Å². The van der Waals surface area contributed by atoms with E-state index in [2.05, 4.69) is 10.3 Å². The third-order valence-corrected chi connectivity index (χ3v) is 2.68. The van der Waals surface area contributed by atoms with Gasteiger partial charge in [0.1, 0.15) is 0 Å². The Hall–Kier alpha value is -1.78. The Morgan fingerprint density at radius 2 is 2.06 bits per heavy atom. The lowest BCUT2D eigenvalue weighted by atomic mass is 10.3. The van der Waals surface area contributed by atoms with E-state index >= 15 is 0 Å². The van der Waals surface area contributed by atoms with Crippen molar-refractivity contribution in [2.24, 2.45) is 0 Å². The molecule has 0 aromatic carbocycles. The van der Waals surface area contributed by atoms with Gasteiger partial charge in [0.05, 0.1) is 30.3 Å². The van der Waals surface area contributed by atoms with Crippen molar-refractivity contribution < 1.29 is 4.79 Å². The Kier molecular flexibility index (Phi) is 5.42. The van der Waals surface area contributed by atoms with E-state index in [1.807, 2.05) is 24.8 Å². The molecule has 0 spiro atoms. The number of anilines is 2. The van der Waals surface area contributed by atoms with Gasteiger partial charge < -0.3 is 15.1 Å². The van der Waals surface area contributed by atoms with Gasteiger partial charge in [-0.25, -0.2) is 0 Å². The van der Waals surface area contributed by atoms with Crippen molar-refractivity contribution in [1.29, 1.82) is 0 Å². The molecule has 0 aliphatic heterocycles. The number of hydrogen-bond donors (Lipinski definition) is 1. The monoisotopic (exact) mass is 250 g/mol. The number of carbonyl (C=O) groups is 1. The Balaban J connectivity index is 2.81. The second-order valence-corrected chi connectivity index (χ2v) is 4.26. The fourth-order valence-corrected chi connectivity index (χ4v) is 1.59. The van der Waals surface area contributed by atoms with E-state index in [1.54, 1.807) is 31.4 Å². The molecule has 1 rings (SSSR count). The van der Waals surface area contributed by atoms with E-state index in [1.165, 1.54) is 0 Å². The number of aromatic nitrogens is 1. The van der Waals surface area contributed by atoms with Crippen molar-refractivity contribution in [2.45, 2.75) is 13.8 Å². The second kappa shape index (κ2) is 6.83. The molecule has 0 aliphatic rings. The predicted octanol–water partition coefficient (Wildman–Crippen LogP) is 1.43. The zero-order chi connectivity index (χ0) is 13.5. The van der Waals surface area contributed by atoms with Crippen molar-refractivity contribution >= 4 is 17.3 Å². The molecule has 1 aromatic rings. The first-order valence-electron chi connectivity index (χ1n) is 6.22. The fraction of sp³-hybridized carbons (Fsp3) is 0.538. The summed E-state index contributed by atoms with van der Waals surface area (Å²) in [5, 5.41) is 3.22. The average molecular weight is 250 g/mol. The predicted molar refractivity (Wildman–Crippen MR) is 75.0 cm³/mol. The molecule has 0 saturated carbocycles. The summed E-state index contributed by atoms with van der Waals surface area (Å²) in [7, 11) is 3.53. The Labute approximate surface area is 109 Å². The summed E-state index contributed by atoms with van der Waals surface area (Å²) >= 11 is 0. The van der Waals surface area contributed by atoms with Gasteiger partial charge in [0, 0.05) is 27.2 Å². The summed E-state index contributed by atoms with van der Waals surface area (Å²) in [5.41, 5.74) is 1.94. The summed E-state index contributed by atoms with van der Waals surface area (Å²) in [4.78, 5) is 19.6. The first-order chi connectivity index (χ1) is 8.58. The fourth-order valence-electron chi connectivity index (χ4n) is 1.59. The number of amides is 1. The molecule has 1 heterocycles. The van der Waals surface area contributed by atoms with Gasteiger partial charge in [-0.3, -0.25) is 9.78 Å². The minimum absolute atomic E-state index is 0.0886. The van der Waals surface area contributed by atoms with Crippen molar-refractivity contribution in [2.75, 3.05) is 43.9 Å². The molecule has 18 heavy (non-hydrogen) atoms. The molecule has 100 valence electrons. The maximum absolute atomic E-state index is 11.7. The SMILES string of the molecule is CCNc1cncc(N(CC)CC(=O)N(C)C)c1. The third kappa shape index (κ3) is 3.91. The van der Waals surface area contributed by atoms with E-state index in [9.17, 15) is 4.79 Å². The van der Waals surface area contributed by atoms with Gasteiger partial charge in [0.2, 0.25) is 5.91 Å². The van der Waals surface area contributed by atoms with Crippen molar-refractivity contribution in [3.8, 4) is 0 Å². The van der Waals surface area contributed by atoms with E-state index < -0.39 is 0 Å².